The van der Waals surface area contributed by atoms with Gasteiger partial charge in [0.15, 0.2) is 0 Å². The summed E-state index contributed by atoms with van der Waals surface area (Å²) in [6, 6.07) is 14.6. The summed E-state index contributed by atoms with van der Waals surface area (Å²) in [7, 11) is -2.03. The maximum atomic E-state index is 13.2. The van der Waals surface area contributed by atoms with Crippen molar-refractivity contribution in [2.24, 2.45) is 5.41 Å². The highest BCUT2D eigenvalue weighted by atomic mass is 32.2. The molecular formula is C24H32N2O4S. The van der Waals surface area contributed by atoms with Crippen LogP contribution >= 0.6 is 0 Å². The molecule has 7 heteroatoms. The fourth-order valence-corrected chi connectivity index (χ4v) is 5.50. The Morgan fingerprint density at radius 3 is 2.35 bits per heavy atom. The predicted octanol–water partition coefficient (Wildman–Crippen LogP) is 3.93. The molecule has 0 saturated carbocycles. The Bertz CT molecular complexity index is 1000. The molecule has 1 unspecified atom stereocenters. The second-order valence-corrected chi connectivity index (χ2v) is 10.7. The molecule has 2 aromatic carbocycles. The van der Waals surface area contributed by atoms with Crippen molar-refractivity contribution in [1.82, 2.24) is 9.62 Å². The Morgan fingerprint density at radius 2 is 1.77 bits per heavy atom. The Hall–Kier alpha value is -2.38. The molecule has 0 radical (unpaired) electrons. The van der Waals surface area contributed by atoms with Crippen molar-refractivity contribution in [2.45, 2.75) is 51.0 Å². The van der Waals surface area contributed by atoms with E-state index in [1.807, 2.05) is 43.3 Å². The number of amides is 1. The summed E-state index contributed by atoms with van der Waals surface area (Å²) in [5.41, 5.74) is 1.29. The van der Waals surface area contributed by atoms with Gasteiger partial charge in [-0.1, -0.05) is 38.1 Å². The molecule has 6 nitrogen and oxygen atoms in total. The number of carbonyl (C=O) groups is 1. The van der Waals surface area contributed by atoms with Gasteiger partial charge in [-0.3, -0.25) is 4.79 Å². The number of nitrogens with zero attached hydrogens (tertiary/aromatic N) is 1. The third kappa shape index (κ3) is 5.28. The summed E-state index contributed by atoms with van der Waals surface area (Å²) in [5.74, 6) is 0.972. The van der Waals surface area contributed by atoms with E-state index in [-0.39, 0.29) is 17.3 Å². The van der Waals surface area contributed by atoms with Crippen LogP contribution in [0.5, 0.6) is 5.75 Å². The highest BCUT2D eigenvalue weighted by molar-refractivity contribution is 7.89. The van der Waals surface area contributed by atoms with Gasteiger partial charge in [0.25, 0.3) is 0 Å². The zero-order valence-corrected chi connectivity index (χ0v) is 19.5. The predicted molar refractivity (Wildman–Crippen MR) is 121 cm³/mol. The van der Waals surface area contributed by atoms with Crippen LogP contribution in [0.2, 0.25) is 0 Å². The Kier molecular flexibility index (Phi) is 7.06. The van der Waals surface area contributed by atoms with Crippen LogP contribution in [0.15, 0.2) is 53.4 Å². The van der Waals surface area contributed by atoms with Gasteiger partial charge >= 0.3 is 0 Å². The van der Waals surface area contributed by atoms with Crippen LogP contribution in [-0.2, 0) is 21.4 Å². The quantitative estimate of drug-likeness (QED) is 0.702. The zero-order valence-electron chi connectivity index (χ0n) is 18.7. The number of sulfonamides is 1. The summed E-state index contributed by atoms with van der Waals surface area (Å²) >= 11 is 0. The van der Waals surface area contributed by atoms with Gasteiger partial charge in [0, 0.05) is 19.6 Å². The molecule has 0 aromatic heterocycles. The summed E-state index contributed by atoms with van der Waals surface area (Å²) in [6.07, 6.45) is 1.30. The van der Waals surface area contributed by atoms with E-state index in [1.54, 1.807) is 19.2 Å². The zero-order chi connectivity index (χ0) is 22.6. The van der Waals surface area contributed by atoms with Crippen LogP contribution in [-0.4, -0.2) is 38.8 Å². The average molecular weight is 445 g/mol. The van der Waals surface area contributed by atoms with Crippen molar-refractivity contribution >= 4 is 15.9 Å². The average Bonchev–Trinajstić information content (AvgIpc) is 2.77. The van der Waals surface area contributed by atoms with Gasteiger partial charge in [0.1, 0.15) is 5.75 Å². The maximum Gasteiger partial charge on any atom is 0.243 e. The second-order valence-electron chi connectivity index (χ2n) is 8.76. The topological polar surface area (TPSA) is 75.7 Å². The van der Waals surface area contributed by atoms with Crippen molar-refractivity contribution in [1.29, 1.82) is 0 Å². The Balaban J connectivity index is 1.69. The number of hydrogen-bond acceptors (Lipinski definition) is 4. The van der Waals surface area contributed by atoms with Gasteiger partial charge in [-0.15, -0.1) is 0 Å². The third-order valence-electron chi connectivity index (χ3n) is 6.01. The second kappa shape index (κ2) is 9.40. The van der Waals surface area contributed by atoms with Crippen LogP contribution in [0.25, 0.3) is 0 Å². The first kappa shape index (κ1) is 23.3. The van der Waals surface area contributed by atoms with Crippen molar-refractivity contribution in [3.63, 3.8) is 0 Å². The van der Waals surface area contributed by atoms with Gasteiger partial charge in [0.05, 0.1) is 17.4 Å². The summed E-state index contributed by atoms with van der Waals surface area (Å²) < 4.78 is 33.0. The lowest BCUT2D eigenvalue weighted by atomic mass is 9.82. The summed E-state index contributed by atoms with van der Waals surface area (Å²) in [5, 5.41) is 2.98. The smallest absolute Gasteiger partial charge is 0.243 e. The normalized spacial score (nSPS) is 19.9. The van der Waals surface area contributed by atoms with Crippen molar-refractivity contribution < 1.29 is 17.9 Å². The number of hydrogen-bond donors (Lipinski definition) is 1. The van der Waals surface area contributed by atoms with Gasteiger partial charge in [-0.2, -0.15) is 4.31 Å². The van der Waals surface area contributed by atoms with Crippen LogP contribution < -0.4 is 10.1 Å². The first-order chi connectivity index (χ1) is 14.7. The lowest BCUT2D eigenvalue weighted by molar-refractivity contribution is -0.132. The molecule has 1 atom stereocenters. The van der Waals surface area contributed by atoms with Crippen molar-refractivity contribution in [3.05, 3.63) is 59.7 Å². The monoisotopic (exact) mass is 444 g/mol. The van der Waals surface area contributed by atoms with E-state index in [4.69, 9.17) is 4.74 Å². The van der Waals surface area contributed by atoms with E-state index in [0.717, 1.165) is 16.9 Å². The number of piperidine rings is 1. The molecule has 1 N–H and O–H groups in total. The molecule has 1 amide bonds. The molecule has 0 aliphatic carbocycles. The number of rotatable bonds is 7. The van der Waals surface area contributed by atoms with Crippen LogP contribution in [0.1, 0.15) is 50.7 Å². The standard InChI is InChI=1S/C24H32N2O4S/c1-18(2)20-8-12-22(13-9-20)31(28,29)26-15-5-14-24(3,17-26)23(27)25-16-19-6-10-21(30-4)11-7-19/h6-13,18H,5,14-17H2,1-4H3,(H,25,27). The third-order valence-corrected chi connectivity index (χ3v) is 7.87. The van der Waals surface area contributed by atoms with Crippen LogP contribution in [0.4, 0.5) is 0 Å². The largest absolute Gasteiger partial charge is 0.497 e. The molecule has 0 bridgehead atoms. The summed E-state index contributed by atoms with van der Waals surface area (Å²) in [4.78, 5) is 13.3. The van der Waals surface area contributed by atoms with Crippen LogP contribution in [0, 0.1) is 5.41 Å². The van der Waals surface area contributed by atoms with E-state index in [2.05, 4.69) is 19.2 Å². The van der Waals surface area contributed by atoms with Gasteiger partial charge in [-0.05, 0) is 61.1 Å². The van der Waals surface area contributed by atoms with Crippen LogP contribution in [0.3, 0.4) is 0 Å². The summed E-state index contributed by atoms with van der Waals surface area (Å²) in [6.45, 7) is 6.99. The lowest BCUT2D eigenvalue weighted by Gasteiger charge is -2.38. The van der Waals surface area contributed by atoms with Crippen molar-refractivity contribution in [2.75, 3.05) is 20.2 Å². The number of benzene rings is 2. The molecular weight excluding hydrogens is 412 g/mol. The van der Waals surface area contributed by atoms with Gasteiger partial charge < -0.3 is 10.1 Å². The number of ether oxygens (including phenoxy) is 1. The minimum absolute atomic E-state index is 0.127. The molecule has 1 fully saturated rings. The molecule has 168 valence electrons. The fourth-order valence-electron chi connectivity index (χ4n) is 3.90. The number of carbonyl (C=O) groups excluding carboxylic acids is 1. The number of methoxy groups -OCH3 is 1. The molecule has 1 saturated heterocycles. The lowest BCUT2D eigenvalue weighted by Crippen LogP contribution is -2.51. The van der Waals surface area contributed by atoms with E-state index in [1.165, 1.54) is 4.31 Å². The Morgan fingerprint density at radius 1 is 1.13 bits per heavy atom. The molecule has 1 heterocycles. The molecule has 3 rings (SSSR count). The first-order valence-electron chi connectivity index (χ1n) is 10.7. The fraction of sp³-hybridized carbons (Fsp3) is 0.458. The first-order valence-corrected chi connectivity index (χ1v) is 12.1. The molecule has 31 heavy (non-hydrogen) atoms. The van der Waals surface area contributed by atoms with E-state index < -0.39 is 15.4 Å². The SMILES string of the molecule is COc1ccc(CNC(=O)C2(C)CCCN(S(=O)(=O)c3ccc(C(C)C)cc3)C2)cc1. The molecule has 2 aromatic rings. The van der Waals surface area contributed by atoms with E-state index in [0.29, 0.717) is 31.8 Å². The highest BCUT2D eigenvalue weighted by Crippen LogP contribution is 2.33. The minimum Gasteiger partial charge on any atom is -0.497 e. The molecule has 1 aliphatic heterocycles. The molecule has 0 spiro atoms. The van der Waals surface area contributed by atoms with Gasteiger partial charge in [0.2, 0.25) is 15.9 Å². The van der Waals surface area contributed by atoms with Crippen molar-refractivity contribution in [3.8, 4) is 5.75 Å². The molecule has 1 aliphatic rings. The van der Waals surface area contributed by atoms with E-state index in [9.17, 15) is 13.2 Å². The number of nitrogens with one attached hydrogen (secondary N) is 1. The highest BCUT2D eigenvalue weighted by Gasteiger charge is 2.41. The maximum absolute atomic E-state index is 13.2. The minimum atomic E-state index is -3.64. The van der Waals surface area contributed by atoms with Gasteiger partial charge in [-0.25, -0.2) is 8.42 Å². The van der Waals surface area contributed by atoms with E-state index >= 15 is 0 Å². The Labute approximate surface area is 185 Å².